The van der Waals surface area contributed by atoms with Gasteiger partial charge in [0.1, 0.15) is 11.9 Å². The average Bonchev–Trinajstić information content (AvgIpc) is 2.11. The third kappa shape index (κ3) is 2.78. The van der Waals surface area contributed by atoms with Crippen LogP contribution in [0, 0.1) is 5.82 Å². The summed E-state index contributed by atoms with van der Waals surface area (Å²) >= 11 is 3.14. The lowest BCUT2D eigenvalue weighted by Gasteiger charge is -2.08. The van der Waals surface area contributed by atoms with E-state index < -0.39 is 17.8 Å². The summed E-state index contributed by atoms with van der Waals surface area (Å²) in [5.41, 5.74) is 0.0466. The number of carbonyl (C=O) groups is 1. The minimum Gasteiger partial charge on any atom is -0.384 e. The summed E-state index contributed by atoms with van der Waals surface area (Å²) in [6.45, 7) is 1.31. The first-order valence-electron chi connectivity index (χ1n) is 3.94. The van der Waals surface area contributed by atoms with Gasteiger partial charge in [0.2, 0.25) is 0 Å². The number of aliphatic hydroxyl groups excluding tert-OH is 1. The predicted octanol–water partition coefficient (Wildman–Crippen LogP) is 1.91. The van der Waals surface area contributed by atoms with Crippen molar-refractivity contribution >= 4 is 27.5 Å². The number of halogens is 2. The second kappa shape index (κ2) is 4.52. The van der Waals surface area contributed by atoms with Gasteiger partial charge in [0, 0.05) is 4.47 Å². The monoisotopic (exact) mass is 261 g/mol. The molecule has 0 spiro atoms. The number of nitrogens with one attached hydrogen (secondary N) is 1. The third-order valence-corrected chi connectivity index (χ3v) is 2.06. The zero-order valence-corrected chi connectivity index (χ0v) is 9.01. The fourth-order valence-corrected chi connectivity index (χ4v) is 1.19. The molecule has 0 saturated carbocycles. The maximum Gasteiger partial charge on any atom is 0.252 e. The van der Waals surface area contributed by atoms with Gasteiger partial charge in [-0.1, -0.05) is 15.9 Å². The van der Waals surface area contributed by atoms with Crippen LogP contribution in [0.25, 0.3) is 0 Å². The number of hydrogen-bond acceptors (Lipinski definition) is 2. The van der Waals surface area contributed by atoms with Gasteiger partial charge in [-0.3, -0.25) is 4.79 Å². The molecule has 0 heterocycles. The van der Waals surface area contributed by atoms with Gasteiger partial charge in [0.25, 0.3) is 5.91 Å². The second-order valence-corrected chi connectivity index (χ2v) is 3.71. The highest BCUT2D eigenvalue weighted by atomic mass is 79.9. The third-order valence-electron chi connectivity index (χ3n) is 1.57. The summed E-state index contributed by atoms with van der Waals surface area (Å²) < 4.78 is 13.7. The molecule has 1 amide bonds. The molecule has 1 aromatic carbocycles. The highest BCUT2D eigenvalue weighted by molar-refractivity contribution is 9.10. The van der Waals surface area contributed by atoms with Gasteiger partial charge in [-0.2, -0.15) is 0 Å². The van der Waals surface area contributed by atoms with Crippen molar-refractivity contribution in [3.63, 3.8) is 0 Å². The number of benzene rings is 1. The Hall–Kier alpha value is -0.940. The molecule has 0 aliphatic carbocycles. The van der Waals surface area contributed by atoms with Crippen LogP contribution in [-0.2, 0) is 4.79 Å². The zero-order chi connectivity index (χ0) is 10.7. The van der Waals surface area contributed by atoms with Gasteiger partial charge in [-0.15, -0.1) is 0 Å². The number of anilines is 1. The Morgan fingerprint density at radius 1 is 1.64 bits per heavy atom. The van der Waals surface area contributed by atoms with E-state index in [0.29, 0.717) is 4.47 Å². The Balaban J connectivity index is 2.86. The molecular formula is C9H9BrFNO2. The molecule has 0 radical (unpaired) electrons. The SMILES string of the molecule is CC(O)C(=O)Nc1cc(Br)ccc1F. The minimum atomic E-state index is -1.16. The first kappa shape index (κ1) is 11.1. The number of hydrogen-bond donors (Lipinski definition) is 2. The average molecular weight is 262 g/mol. The molecule has 0 aromatic heterocycles. The molecular weight excluding hydrogens is 253 g/mol. The number of rotatable bonds is 2. The second-order valence-electron chi connectivity index (χ2n) is 2.79. The fourth-order valence-electron chi connectivity index (χ4n) is 0.830. The van der Waals surface area contributed by atoms with Gasteiger partial charge < -0.3 is 10.4 Å². The van der Waals surface area contributed by atoms with Crippen molar-refractivity contribution < 1.29 is 14.3 Å². The Morgan fingerprint density at radius 2 is 2.29 bits per heavy atom. The first-order chi connectivity index (χ1) is 6.50. The summed E-state index contributed by atoms with van der Waals surface area (Å²) in [4.78, 5) is 11.0. The summed E-state index contributed by atoms with van der Waals surface area (Å²) in [7, 11) is 0. The Bertz CT molecular complexity index is 355. The lowest BCUT2D eigenvalue weighted by atomic mass is 10.3. The largest absolute Gasteiger partial charge is 0.384 e. The van der Waals surface area contributed by atoms with Crippen LogP contribution in [0.3, 0.4) is 0 Å². The maximum absolute atomic E-state index is 13.1. The van der Waals surface area contributed by atoms with Gasteiger partial charge in [-0.25, -0.2) is 4.39 Å². The smallest absolute Gasteiger partial charge is 0.252 e. The molecule has 1 aromatic rings. The Labute approximate surface area is 89.1 Å². The molecule has 1 rings (SSSR count). The van der Waals surface area contributed by atoms with E-state index in [1.54, 1.807) is 0 Å². The molecule has 0 aliphatic rings. The molecule has 14 heavy (non-hydrogen) atoms. The Kier molecular flexibility index (Phi) is 3.60. The van der Waals surface area contributed by atoms with Crippen molar-refractivity contribution in [1.29, 1.82) is 0 Å². The van der Waals surface area contributed by atoms with Crippen LogP contribution in [-0.4, -0.2) is 17.1 Å². The molecule has 5 heteroatoms. The van der Waals surface area contributed by atoms with Crippen molar-refractivity contribution in [2.24, 2.45) is 0 Å². The summed E-state index contributed by atoms with van der Waals surface area (Å²) in [6, 6.07) is 4.17. The molecule has 0 aliphatic heterocycles. The quantitative estimate of drug-likeness (QED) is 0.855. The van der Waals surface area contributed by atoms with Crippen molar-refractivity contribution in [1.82, 2.24) is 0 Å². The van der Waals surface area contributed by atoms with Gasteiger partial charge >= 0.3 is 0 Å². The van der Waals surface area contributed by atoms with E-state index in [1.807, 2.05) is 0 Å². The van der Waals surface area contributed by atoms with E-state index in [2.05, 4.69) is 21.2 Å². The minimum absolute atomic E-state index is 0.0466. The van der Waals surface area contributed by atoms with E-state index in [4.69, 9.17) is 5.11 Å². The summed E-state index contributed by atoms with van der Waals surface area (Å²) in [6.07, 6.45) is -1.16. The summed E-state index contributed by atoms with van der Waals surface area (Å²) in [5.74, 6) is -1.18. The highest BCUT2D eigenvalue weighted by Gasteiger charge is 2.11. The van der Waals surface area contributed by atoms with Gasteiger partial charge in [0.05, 0.1) is 5.69 Å². The van der Waals surface area contributed by atoms with Crippen molar-refractivity contribution in [3.8, 4) is 0 Å². The predicted molar refractivity (Wildman–Crippen MR) is 54.4 cm³/mol. The van der Waals surface area contributed by atoms with E-state index in [-0.39, 0.29) is 5.69 Å². The standard InChI is InChI=1S/C9H9BrFNO2/c1-5(13)9(14)12-8-4-6(10)2-3-7(8)11/h2-5,13H,1H3,(H,12,14). The van der Waals surface area contributed by atoms with E-state index in [1.165, 1.54) is 25.1 Å². The van der Waals surface area contributed by atoms with E-state index in [0.717, 1.165) is 0 Å². The molecule has 0 bridgehead atoms. The van der Waals surface area contributed by atoms with Crippen LogP contribution in [0.5, 0.6) is 0 Å². The number of amides is 1. The van der Waals surface area contributed by atoms with Crippen LogP contribution < -0.4 is 5.32 Å². The van der Waals surface area contributed by atoms with Gasteiger partial charge in [-0.05, 0) is 25.1 Å². The molecule has 76 valence electrons. The summed E-state index contributed by atoms with van der Waals surface area (Å²) in [5, 5.41) is 11.2. The van der Waals surface area contributed by atoms with E-state index in [9.17, 15) is 9.18 Å². The normalized spacial score (nSPS) is 12.3. The first-order valence-corrected chi connectivity index (χ1v) is 4.74. The van der Waals surface area contributed by atoms with Crippen LogP contribution in [0.2, 0.25) is 0 Å². The van der Waals surface area contributed by atoms with Crippen molar-refractivity contribution in [3.05, 3.63) is 28.5 Å². The van der Waals surface area contributed by atoms with Crippen molar-refractivity contribution in [2.45, 2.75) is 13.0 Å². The molecule has 1 atom stereocenters. The molecule has 3 nitrogen and oxygen atoms in total. The van der Waals surface area contributed by atoms with Crippen LogP contribution in [0.1, 0.15) is 6.92 Å². The molecule has 0 saturated heterocycles. The van der Waals surface area contributed by atoms with E-state index >= 15 is 0 Å². The van der Waals surface area contributed by atoms with Crippen molar-refractivity contribution in [2.75, 3.05) is 5.32 Å². The molecule has 2 N–H and O–H groups in total. The molecule has 1 unspecified atom stereocenters. The zero-order valence-electron chi connectivity index (χ0n) is 7.42. The Morgan fingerprint density at radius 3 is 2.86 bits per heavy atom. The fraction of sp³-hybridized carbons (Fsp3) is 0.222. The molecule has 0 fully saturated rings. The number of carbonyl (C=O) groups excluding carboxylic acids is 1. The van der Waals surface area contributed by atoms with Crippen LogP contribution in [0.15, 0.2) is 22.7 Å². The van der Waals surface area contributed by atoms with Crippen LogP contribution in [0.4, 0.5) is 10.1 Å². The van der Waals surface area contributed by atoms with Crippen LogP contribution >= 0.6 is 15.9 Å². The topological polar surface area (TPSA) is 49.3 Å². The highest BCUT2D eigenvalue weighted by Crippen LogP contribution is 2.19. The van der Waals surface area contributed by atoms with Gasteiger partial charge in [0.15, 0.2) is 0 Å². The lowest BCUT2D eigenvalue weighted by Crippen LogP contribution is -2.24. The maximum atomic E-state index is 13.1. The number of aliphatic hydroxyl groups is 1. The lowest BCUT2D eigenvalue weighted by molar-refractivity contribution is -0.123.